The molecule has 0 spiro atoms. The first kappa shape index (κ1) is 15.5. The van der Waals surface area contributed by atoms with E-state index < -0.39 is 0 Å². The summed E-state index contributed by atoms with van der Waals surface area (Å²) in [7, 11) is 0. The molecule has 0 saturated heterocycles. The first-order valence-electron chi connectivity index (χ1n) is 8.03. The topological polar surface area (TPSA) is 52.3 Å². The van der Waals surface area contributed by atoms with Crippen LogP contribution in [0, 0.1) is 12.8 Å². The molecule has 0 aliphatic heterocycles. The predicted molar refractivity (Wildman–Crippen MR) is 90.5 cm³/mol. The molecule has 0 bridgehead atoms. The second kappa shape index (κ2) is 6.77. The van der Waals surface area contributed by atoms with Crippen LogP contribution in [-0.2, 0) is 0 Å². The summed E-state index contributed by atoms with van der Waals surface area (Å²) < 4.78 is 7.62. The highest BCUT2D eigenvalue weighted by atomic mass is 16.5. The fourth-order valence-corrected chi connectivity index (χ4v) is 2.57. The lowest BCUT2D eigenvalue weighted by Crippen LogP contribution is -2.03. The molecule has 0 aliphatic carbocycles. The molecule has 3 heterocycles. The number of fused-ring (bicyclic) bond motifs is 1. The molecule has 0 atom stereocenters. The van der Waals surface area contributed by atoms with Crippen LogP contribution < -0.4 is 4.74 Å². The Labute approximate surface area is 136 Å². The Morgan fingerprint density at radius 2 is 2.04 bits per heavy atom. The highest BCUT2D eigenvalue weighted by Gasteiger charge is 2.09. The van der Waals surface area contributed by atoms with Gasteiger partial charge in [0.15, 0.2) is 5.65 Å². The second-order valence-electron chi connectivity index (χ2n) is 6.16. The molecule has 0 fully saturated rings. The normalized spacial score (nSPS) is 11.3. The molecule has 0 unspecified atom stereocenters. The van der Waals surface area contributed by atoms with Gasteiger partial charge >= 0.3 is 0 Å². The van der Waals surface area contributed by atoms with Gasteiger partial charge in [-0.25, -0.2) is 14.5 Å². The van der Waals surface area contributed by atoms with Crippen LogP contribution in [0.1, 0.15) is 32.3 Å². The molecule has 0 aromatic carbocycles. The zero-order valence-electron chi connectivity index (χ0n) is 13.9. The molecule has 23 heavy (non-hydrogen) atoms. The SMILES string of the molecule is Cc1cc(-c2ccnc3ccnn23)cnc1OCCCC(C)C. The van der Waals surface area contributed by atoms with Gasteiger partial charge in [0.1, 0.15) is 0 Å². The van der Waals surface area contributed by atoms with Gasteiger partial charge in [0.25, 0.3) is 0 Å². The third-order valence-electron chi connectivity index (χ3n) is 3.78. The third-order valence-corrected chi connectivity index (χ3v) is 3.78. The summed E-state index contributed by atoms with van der Waals surface area (Å²) in [6.45, 7) is 7.19. The summed E-state index contributed by atoms with van der Waals surface area (Å²) in [5.41, 5.74) is 3.84. The van der Waals surface area contributed by atoms with Gasteiger partial charge in [0.2, 0.25) is 5.88 Å². The summed E-state index contributed by atoms with van der Waals surface area (Å²) in [5.74, 6) is 1.42. The van der Waals surface area contributed by atoms with Gasteiger partial charge in [-0.3, -0.25) is 0 Å². The quantitative estimate of drug-likeness (QED) is 0.648. The van der Waals surface area contributed by atoms with Crippen LogP contribution in [0.2, 0.25) is 0 Å². The van der Waals surface area contributed by atoms with E-state index in [2.05, 4.69) is 35.0 Å². The van der Waals surface area contributed by atoms with Crippen molar-refractivity contribution >= 4 is 5.65 Å². The monoisotopic (exact) mass is 310 g/mol. The summed E-state index contributed by atoms with van der Waals surface area (Å²) in [5, 5.41) is 4.32. The number of nitrogens with zero attached hydrogens (tertiary/aromatic N) is 4. The van der Waals surface area contributed by atoms with Gasteiger partial charge in [-0.05, 0) is 37.8 Å². The molecule has 120 valence electrons. The van der Waals surface area contributed by atoms with Crippen LogP contribution in [0.4, 0.5) is 0 Å². The first-order valence-corrected chi connectivity index (χ1v) is 8.03. The van der Waals surface area contributed by atoms with E-state index >= 15 is 0 Å². The summed E-state index contributed by atoms with van der Waals surface area (Å²) in [4.78, 5) is 8.77. The zero-order chi connectivity index (χ0) is 16.2. The van der Waals surface area contributed by atoms with Gasteiger partial charge in [-0.1, -0.05) is 13.8 Å². The van der Waals surface area contributed by atoms with E-state index in [9.17, 15) is 0 Å². The van der Waals surface area contributed by atoms with Crippen molar-refractivity contribution in [2.24, 2.45) is 5.92 Å². The predicted octanol–water partition coefficient (Wildman–Crippen LogP) is 3.91. The largest absolute Gasteiger partial charge is 0.477 e. The van der Waals surface area contributed by atoms with Crippen LogP contribution in [-0.4, -0.2) is 26.2 Å². The number of hydrogen-bond donors (Lipinski definition) is 0. The van der Waals surface area contributed by atoms with Crippen molar-refractivity contribution in [1.82, 2.24) is 19.6 Å². The Morgan fingerprint density at radius 1 is 1.17 bits per heavy atom. The Bertz CT molecular complexity index is 795. The molecule has 0 amide bonds. The van der Waals surface area contributed by atoms with E-state index in [0.717, 1.165) is 28.9 Å². The average molecular weight is 310 g/mol. The molecule has 5 nitrogen and oxygen atoms in total. The fraction of sp³-hybridized carbons (Fsp3) is 0.389. The maximum absolute atomic E-state index is 5.80. The highest BCUT2D eigenvalue weighted by Crippen LogP contribution is 2.24. The Hall–Kier alpha value is -2.43. The van der Waals surface area contributed by atoms with E-state index in [4.69, 9.17) is 4.74 Å². The molecule has 0 N–H and O–H groups in total. The van der Waals surface area contributed by atoms with Crippen LogP contribution in [0.25, 0.3) is 16.9 Å². The summed E-state index contributed by atoms with van der Waals surface area (Å²) >= 11 is 0. The minimum absolute atomic E-state index is 0.707. The standard InChI is InChI=1S/C18H22N4O/c1-13(2)5-4-10-23-18-14(3)11-15(12-20-18)16-6-8-19-17-7-9-21-22(16)17/h6-9,11-13H,4-5,10H2,1-3H3. The Kier molecular flexibility index (Phi) is 4.55. The summed E-state index contributed by atoms with van der Waals surface area (Å²) in [6.07, 6.45) is 7.60. The Balaban J connectivity index is 1.78. The van der Waals surface area contributed by atoms with Gasteiger partial charge in [0, 0.05) is 29.6 Å². The average Bonchev–Trinajstić information content (AvgIpc) is 3.01. The minimum Gasteiger partial charge on any atom is -0.477 e. The van der Waals surface area contributed by atoms with Crippen LogP contribution in [0.3, 0.4) is 0 Å². The van der Waals surface area contributed by atoms with Crippen molar-refractivity contribution in [2.45, 2.75) is 33.6 Å². The van der Waals surface area contributed by atoms with E-state index in [1.807, 2.05) is 29.8 Å². The lowest BCUT2D eigenvalue weighted by atomic mass is 10.1. The van der Waals surface area contributed by atoms with Crippen molar-refractivity contribution in [1.29, 1.82) is 0 Å². The third kappa shape index (κ3) is 3.50. The molecule has 0 radical (unpaired) electrons. The van der Waals surface area contributed by atoms with Crippen LogP contribution in [0.5, 0.6) is 5.88 Å². The van der Waals surface area contributed by atoms with Gasteiger partial charge in [-0.2, -0.15) is 5.10 Å². The van der Waals surface area contributed by atoms with E-state index in [-0.39, 0.29) is 0 Å². The number of pyridine rings is 1. The molecule has 3 aromatic heterocycles. The van der Waals surface area contributed by atoms with Crippen LogP contribution >= 0.6 is 0 Å². The number of rotatable bonds is 6. The first-order chi connectivity index (χ1) is 11.1. The summed E-state index contributed by atoms with van der Waals surface area (Å²) in [6, 6.07) is 5.91. The Morgan fingerprint density at radius 3 is 2.83 bits per heavy atom. The molecule has 0 aliphatic rings. The van der Waals surface area contributed by atoms with Gasteiger partial charge in [-0.15, -0.1) is 0 Å². The van der Waals surface area contributed by atoms with E-state index in [0.29, 0.717) is 18.4 Å². The highest BCUT2D eigenvalue weighted by molar-refractivity contribution is 5.62. The fourth-order valence-electron chi connectivity index (χ4n) is 2.57. The van der Waals surface area contributed by atoms with E-state index in [1.54, 1.807) is 12.4 Å². The number of aromatic nitrogens is 4. The number of ether oxygens (including phenoxy) is 1. The maximum atomic E-state index is 5.80. The van der Waals surface area contributed by atoms with E-state index in [1.165, 1.54) is 6.42 Å². The van der Waals surface area contributed by atoms with Gasteiger partial charge < -0.3 is 4.74 Å². The molecule has 0 saturated carbocycles. The van der Waals surface area contributed by atoms with Crippen molar-refractivity contribution < 1.29 is 4.74 Å². The lowest BCUT2D eigenvalue weighted by molar-refractivity contribution is 0.285. The smallest absolute Gasteiger partial charge is 0.216 e. The molecule has 5 heteroatoms. The number of hydrogen-bond acceptors (Lipinski definition) is 4. The van der Waals surface area contributed by atoms with Crippen LogP contribution in [0.15, 0.2) is 36.8 Å². The number of aryl methyl sites for hydroxylation is 1. The van der Waals surface area contributed by atoms with Crippen molar-refractivity contribution in [3.05, 3.63) is 42.4 Å². The zero-order valence-corrected chi connectivity index (χ0v) is 13.9. The molecular formula is C18H22N4O. The lowest BCUT2D eigenvalue weighted by Gasteiger charge is -2.11. The van der Waals surface area contributed by atoms with Gasteiger partial charge in [0.05, 0.1) is 18.5 Å². The molecule has 3 aromatic rings. The minimum atomic E-state index is 0.707. The molecule has 3 rings (SSSR count). The second-order valence-corrected chi connectivity index (χ2v) is 6.16. The maximum Gasteiger partial charge on any atom is 0.216 e. The van der Waals surface area contributed by atoms with Crippen molar-refractivity contribution in [3.63, 3.8) is 0 Å². The molecular weight excluding hydrogens is 288 g/mol. The van der Waals surface area contributed by atoms with Crippen molar-refractivity contribution in [3.8, 4) is 17.1 Å². The van der Waals surface area contributed by atoms with Crippen molar-refractivity contribution in [2.75, 3.05) is 6.61 Å².